The van der Waals surface area contributed by atoms with Gasteiger partial charge in [0.1, 0.15) is 6.10 Å². The lowest BCUT2D eigenvalue weighted by Gasteiger charge is -2.43. The summed E-state index contributed by atoms with van der Waals surface area (Å²) in [7, 11) is 3.19. The van der Waals surface area contributed by atoms with Crippen LogP contribution < -0.4 is 0 Å². The van der Waals surface area contributed by atoms with Crippen LogP contribution in [0.1, 0.15) is 36.3 Å². The molecule has 4 nitrogen and oxygen atoms in total. The lowest BCUT2D eigenvalue weighted by atomic mass is 9.99. The monoisotopic (exact) mass is 291 g/mol. The third-order valence-corrected chi connectivity index (χ3v) is 4.84. The van der Waals surface area contributed by atoms with Gasteiger partial charge in [0, 0.05) is 40.3 Å². The van der Waals surface area contributed by atoms with Crippen LogP contribution in [0.5, 0.6) is 0 Å². The fourth-order valence-corrected chi connectivity index (χ4v) is 3.23. The van der Waals surface area contributed by atoms with Gasteiger partial charge in [0.05, 0.1) is 0 Å². The fraction of sp³-hybridized carbons (Fsp3) is 0.647. The van der Waals surface area contributed by atoms with E-state index in [1.807, 2.05) is 0 Å². The first-order valence-electron chi connectivity index (χ1n) is 7.76. The van der Waals surface area contributed by atoms with E-state index in [9.17, 15) is 5.11 Å². The van der Waals surface area contributed by atoms with Crippen LogP contribution in [0.25, 0.3) is 0 Å². The van der Waals surface area contributed by atoms with Gasteiger partial charge in [-0.25, -0.2) is 0 Å². The molecular weight excluding hydrogens is 266 g/mol. The van der Waals surface area contributed by atoms with E-state index < -0.39 is 11.9 Å². The SMILES string of the molecule is COC1(OC)CCN(Cc2ccc(C3CC3)cc2)CC1O. The van der Waals surface area contributed by atoms with Gasteiger partial charge in [-0.05, 0) is 29.9 Å². The molecule has 116 valence electrons. The topological polar surface area (TPSA) is 41.9 Å². The Bertz CT molecular complexity index is 465. The fourth-order valence-electron chi connectivity index (χ4n) is 3.23. The van der Waals surface area contributed by atoms with E-state index in [1.165, 1.54) is 24.0 Å². The molecule has 1 aliphatic carbocycles. The van der Waals surface area contributed by atoms with Crippen LogP contribution in [-0.4, -0.2) is 49.2 Å². The highest BCUT2D eigenvalue weighted by atomic mass is 16.7. The number of nitrogens with zero attached hydrogens (tertiary/aromatic N) is 1. The van der Waals surface area contributed by atoms with Crippen molar-refractivity contribution in [1.82, 2.24) is 4.90 Å². The summed E-state index contributed by atoms with van der Waals surface area (Å²) in [5, 5.41) is 10.3. The zero-order valence-corrected chi connectivity index (χ0v) is 12.9. The summed E-state index contributed by atoms with van der Waals surface area (Å²) in [6, 6.07) is 8.94. The largest absolute Gasteiger partial charge is 0.386 e. The van der Waals surface area contributed by atoms with E-state index in [2.05, 4.69) is 29.2 Å². The van der Waals surface area contributed by atoms with Gasteiger partial charge in [0.25, 0.3) is 0 Å². The van der Waals surface area contributed by atoms with Crippen molar-refractivity contribution < 1.29 is 14.6 Å². The van der Waals surface area contributed by atoms with Crippen LogP contribution in [0, 0.1) is 0 Å². The minimum atomic E-state index is -0.841. The third kappa shape index (κ3) is 3.14. The van der Waals surface area contributed by atoms with Crippen molar-refractivity contribution in [1.29, 1.82) is 0 Å². The zero-order chi connectivity index (χ0) is 14.9. The molecule has 1 N–H and O–H groups in total. The number of methoxy groups -OCH3 is 2. The molecule has 4 heteroatoms. The Labute approximate surface area is 126 Å². The summed E-state index contributed by atoms with van der Waals surface area (Å²) in [5.74, 6) is -0.0355. The van der Waals surface area contributed by atoms with Crippen LogP contribution in [0.2, 0.25) is 0 Å². The number of hydrogen-bond donors (Lipinski definition) is 1. The summed E-state index contributed by atoms with van der Waals surface area (Å²) in [5.41, 5.74) is 2.77. The highest BCUT2D eigenvalue weighted by Gasteiger charge is 2.42. The van der Waals surface area contributed by atoms with E-state index in [1.54, 1.807) is 14.2 Å². The van der Waals surface area contributed by atoms with Crippen molar-refractivity contribution in [2.45, 2.75) is 43.6 Å². The average Bonchev–Trinajstić information content (AvgIpc) is 3.34. The van der Waals surface area contributed by atoms with E-state index in [-0.39, 0.29) is 0 Å². The van der Waals surface area contributed by atoms with Crippen molar-refractivity contribution >= 4 is 0 Å². The molecule has 21 heavy (non-hydrogen) atoms. The Hall–Kier alpha value is -0.940. The molecule has 1 saturated heterocycles. The van der Waals surface area contributed by atoms with E-state index in [4.69, 9.17) is 9.47 Å². The molecular formula is C17H25NO3. The lowest BCUT2D eigenvalue weighted by molar-refractivity contribution is -0.279. The average molecular weight is 291 g/mol. The predicted octanol–water partition coefficient (Wildman–Crippen LogP) is 2.12. The van der Waals surface area contributed by atoms with Crippen molar-refractivity contribution in [3.63, 3.8) is 0 Å². The first-order chi connectivity index (χ1) is 10.2. The molecule has 1 unspecified atom stereocenters. The molecule has 1 aliphatic heterocycles. The molecule has 2 fully saturated rings. The minimum Gasteiger partial charge on any atom is -0.386 e. The molecule has 3 rings (SSSR count). The maximum absolute atomic E-state index is 10.3. The minimum absolute atomic E-state index is 0.575. The molecule has 0 aromatic heterocycles. The van der Waals surface area contributed by atoms with Gasteiger partial charge < -0.3 is 14.6 Å². The number of likely N-dealkylation sites (tertiary alicyclic amines) is 1. The third-order valence-electron chi connectivity index (χ3n) is 4.84. The van der Waals surface area contributed by atoms with E-state index in [0.717, 1.165) is 19.0 Å². The lowest BCUT2D eigenvalue weighted by Crippen LogP contribution is -2.57. The number of β-amino-alcohol motifs (C(OH)–C–C–N with tert-alkyl or cyclic N) is 1. The molecule has 1 aromatic carbocycles. The van der Waals surface area contributed by atoms with Crippen molar-refractivity contribution in [2.75, 3.05) is 27.3 Å². The Morgan fingerprint density at radius 3 is 2.38 bits per heavy atom. The number of aliphatic hydroxyl groups excluding tert-OH is 1. The summed E-state index contributed by atoms with van der Waals surface area (Å²) in [4.78, 5) is 2.26. The molecule has 0 spiro atoms. The number of aliphatic hydroxyl groups is 1. The molecule has 0 amide bonds. The molecule has 0 bridgehead atoms. The standard InChI is InChI=1S/C17H25NO3/c1-20-17(21-2)9-10-18(12-16(17)19)11-13-3-5-14(6-4-13)15-7-8-15/h3-6,15-16,19H,7-12H2,1-2H3. The van der Waals surface area contributed by atoms with Gasteiger partial charge in [0.15, 0.2) is 5.79 Å². The normalized spacial score (nSPS) is 26.0. The van der Waals surface area contributed by atoms with E-state index in [0.29, 0.717) is 13.0 Å². The molecule has 0 radical (unpaired) electrons. The first kappa shape index (κ1) is 15.0. The van der Waals surface area contributed by atoms with Crippen LogP contribution >= 0.6 is 0 Å². The second-order valence-electron chi connectivity index (χ2n) is 6.24. The van der Waals surface area contributed by atoms with Gasteiger partial charge in [-0.15, -0.1) is 0 Å². The molecule has 1 aromatic rings. The van der Waals surface area contributed by atoms with Crippen molar-refractivity contribution in [3.8, 4) is 0 Å². The summed E-state index contributed by atoms with van der Waals surface area (Å²) in [6.45, 7) is 2.31. The zero-order valence-electron chi connectivity index (χ0n) is 12.9. The number of piperidine rings is 1. The summed E-state index contributed by atoms with van der Waals surface area (Å²) >= 11 is 0. The predicted molar refractivity (Wildman–Crippen MR) is 81.1 cm³/mol. The smallest absolute Gasteiger partial charge is 0.196 e. The van der Waals surface area contributed by atoms with Gasteiger partial charge in [0.2, 0.25) is 0 Å². The molecule has 2 aliphatic rings. The Morgan fingerprint density at radius 2 is 1.86 bits per heavy atom. The maximum Gasteiger partial charge on any atom is 0.196 e. The highest BCUT2D eigenvalue weighted by Crippen LogP contribution is 2.40. The van der Waals surface area contributed by atoms with E-state index >= 15 is 0 Å². The van der Waals surface area contributed by atoms with Crippen LogP contribution in [0.4, 0.5) is 0 Å². The molecule has 1 atom stereocenters. The maximum atomic E-state index is 10.3. The second-order valence-corrected chi connectivity index (χ2v) is 6.24. The van der Waals surface area contributed by atoms with Gasteiger partial charge in [-0.3, -0.25) is 4.90 Å². The summed E-state index contributed by atoms with van der Waals surface area (Å²) < 4.78 is 10.8. The number of ether oxygens (including phenoxy) is 2. The molecule has 1 heterocycles. The van der Waals surface area contributed by atoms with Gasteiger partial charge in [-0.2, -0.15) is 0 Å². The Balaban J connectivity index is 1.58. The quantitative estimate of drug-likeness (QED) is 0.844. The molecule has 1 saturated carbocycles. The van der Waals surface area contributed by atoms with Crippen LogP contribution in [-0.2, 0) is 16.0 Å². The second kappa shape index (κ2) is 6.05. The van der Waals surface area contributed by atoms with Crippen LogP contribution in [0.3, 0.4) is 0 Å². The summed E-state index contributed by atoms with van der Waals surface area (Å²) in [6.07, 6.45) is 2.75. The highest BCUT2D eigenvalue weighted by molar-refractivity contribution is 5.28. The first-order valence-corrected chi connectivity index (χ1v) is 7.76. The van der Waals surface area contributed by atoms with Gasteiger partial charge >= 0.3 is 0 Å². The van der Waals surface area contributed by atoms with Crippen molar-refractivity contribution in [2.24, 2.45) is 0 Å². The Morgan fingerprint density at radius 1 is 1.19 bits per heavy atom. The Kier molecular flexibility index (Phi) is 4.31. The number of rotatable bonds is 5. The number of hydrogen-bond acceptors (Lipinski definition) is 4. The number of benzene rings is 1. The van der Waals surface area contributed by atoms with Crippen LogP contribution in [0.15, 0.2) is 24.3 Å². The van der Waals surface area contributed by atoms with Crippen molar-refractivity contribution in [3.05, 3.63) is 35.4 Å². The van der Waals surface area contributed by atoms with Gasteiger partial charge in [-0.1, -0.05) is 24.3 Å².